The first-order valence-corrected chi connectivity index (χ1v) is 3.38. The van der Waals surface area contributed by atoms with Crippen LogP contribution < -0.4 is 0 Å². The number of para-hydroxylation sites is 1. The molecule has 1 heterocycles. The molecular weight excluding hydrogens is 137 g/mol. The van der Waals surface area contributed by atoms with Crippen LogP contribution in [-0.4, -0.2) is 6.01 Å². The largest absolute Gasteiger partial charge is 0.195 e. The third-order valence-corrected chi connectivity index (χ3v) is 1.49. The lowest BCUT2D eigenvalue weighted by Crippen LogP contribution is -1.70. The van der Waals surface area contributed by atoms with E-state index in [4.69, 9.17) is 0 Å². The quantitative estimate of drug-likeness (QED) is 0.498. The zero-order chi connectivity index (χ0) is 7.52. The smallest absolute Gasteiger partial charge is 0.0999 e. The molecule has 1 aromatic rings. The standard InChI is InChI=1S/C9H6N2/c1-2-4-9-8(3-1)5-6-10-7-11-9/h1-6H/i11+1. The number of hydrogen-bond acceptors (Lipinski definition) is 2. The second-order valence-electron chi connectivity index (χ2n) is 2.22. The van der Waals surface area contributed by atoms with E-state index in [0.29, 0.717) is 0 Å². The molecule has 11 heavy (non-hydrogen) atoms. The highest BCUT2D eigenvalue weighted by atomic mass is 15.5. The zero-order valence-electron chi connectivity index (χ0n) is 5.86. The minimum Gasteiger partial charge on any atom is -0.195 e. The molecule has 2 heteroatoms. The molecule has 0 radical (unpaired) electrons. The van der Waals surface area contributed by atoms with Crippen LogP contribution in [0.4, 0.5) is 5.69 Å². The fourth-order valence-corrected chi connectivity index (χ4v) is 0.964. The van der Waals surface area contributed by atoms with Gasteiger partial charge in [0.05, 0.1) is 11.7 Å². The maximum absolute atomic E-state index is 4.01. The minimum atomic E-state index is 0.921. The summed E-state index contributed by atoms with van der Waals surface area (Å²) in [7, 11) is 0. The van der Waals surface area contributed by atoms with Crippen LogP contribution in [0.1, 0.15) is 5.56 Å². The Morgan fingerprint density at radius 1 is 1.18 bits per heavy atom. The number of hydrogen-bond donors (Lipinski definition) is 0. The van der Waals surface area contributed by atoms with Crippen LogP contribution in [0, 0.1) is 0 Å². The topological polar surface area (TPSA) is 24.7 Å². The summed E-state index contributed by atoms with van der Waals surface area (Å²) in [5.41, 5.74) is 2.01. The van der Waals surface area contributed by atoms with Crippen LogP contribution in [0.3, 0.4) is 0 Å². The molecule has 0 spiro atoms. The maximum Gasteiger partial charge on any atom is 0.0999 e. The van der Waals surface area contributed by atoms with Gasteiger partial charge in [-0.15, -0.1) is 0 Å². The van der Waals surface area contributed by atoms with Crippen molar-refractivity contribution in [2.75, 3.05) is 0 Å². The highest BCUT2D eigenvalue weighted by Gasteiger charge is 1.95. The molecule has 0 N–H and O–H groups in total. The molecular formula is C9H6N2. The van der Waals surface area contributed by atoms with Gasteiger partial charge in [-0.1, -0.05) is 18.2 Å². The highest BCUT2D eigenvalue weighted by molar-refractivity contribution is 5.69. The van der Waals surface area contributed by atoms with Gasteiger partial charge in [-0.25, -0.2) is 0 Å². The molecule has 1 aliphatic rings. The van der Waals surface area contributed by atoms with E-state index in [2.05, 4.69) is 16.0 Å². The van der Waals surface area contributed by atoms with Crippen molar-refractivity contribution >= 4 is 17.8 Å². The van der Waals surface area contributed by atoms with E-state index in [9.17, 15) is 0 Å². The van der Waals surface area contributed by atoms with E-state index in [1.165, 1.54) is 0 Å². The van der Waals surface area contributed by atoms with Gasteiger partial charge in [0, 0.05) is 11.8 Å². The van der Waals surface area contributed by atoms with Gasteiger partial charge in [-0.05, 0) is 12.1 Å². The van der Waals surface area contributed by atoms with Crippen molar-refractivity contribution in [3.8, 4) is 0 Å². The lowest BCUT2D eigenvalue weighted by atomic mass is 10.2. The molecule has 52 valence electrons. The summed E-state index contributed by atoms with van der Waals surface area (Å²) in [5, 5.41) is 0. The normalized spacial score (nSPS) is 12.7. The van der Waals surface area contributed by atoms with Gasteiger partial charge < -0.3 is 0 Å². The maximum atomic E-state index is 4.01. The van der Waals surface area contributed by atoms with E-state index in [1.807, 2.05) is 30.3 Å². The summed E-state index contributed by atoms with van der Waals surface area (Å²) in [6.45, 7) is 0. The Morgan fingerprint density at radius 3 is 3.09 bits per heavy atom. The molecule has 0 aliphatic carbocycles. The first-order valence-electron chi connectivity index (χ1n) is 3.38. The van der Waals surface area contributed by atoms with E-state index < -0.39 is 0 Å². The van der Waals surface area contributed by atoms with Crippen molar-refractivity contribution in [3.63, 3.8) is 0 Å². The summed E-state index contributed by atoms with van der Waals surface area (Å²) in [6, 6.07) is 10.4. The van der Waals surface area contributed by atoms with Gasteiger partial charge in [-0.3, -0.25) is 0 Å². The number of fused-ring (bicyclic) bond motifs is 1. The molecule has 0 saturated carbocycles. The Kier molecular flexibility index (Phi) is 1.39. The number of nitrogens with zero attached hydrogens (tertiary/aromatic N) is 2. The fraction of sp³-hybridized carbons (Fsp3) is 0. The fourth-order valence-electron chi connectivity index (χ4n) is 0.964. The van der Waals surface area contributed by atoms with E-state index in [-0.39, 0.29) is 0 Å². The van der Waals surface area contributed by atoms with Crippen molar-refractivity contribution < 1.29 is 0 Å². The SMILES string of the molecule is C1=NC=Cc2ccccc2[15N]=1. The van der Waals surface area contributed by atoms with Crippen LogP contribution in [0.5, 0.6) is 0 Å². The predicted octanol–water partition coefficient (Wildman–Crippen LogP) is 2.48. The van der Waals surface area contributed by atoms with Gasteiger partial charge in [0.15, 0.2) is 0 Å². The molecule has 2 nitrogen and oxygen atoms in total. The average Bonchev–Trinajstić information content (AvgIpc) is 2.28. The Labute approximate surface area is 64.6 Å². The summed E-state index contributed by atoms with van der Waals surface area (Å²) < 4.78 is 0. The molecule has 0 saturated heterocycles. The summed E-state index contributed by atoms with van der Waals surface area (Å²) in [6.07, 6.45) is 3.61. The van der Waals surface area contributed by atoms with Crippen LogP contribution in [0.2, 0.25) is 0 Å². The Hall–Kier alpha value is -1.66. The van der Waals surface area contributed by atoms with Crippen molar-refractivity contribution in [1.29, 1.82) is 0 Å². The van der Waals surface area contributed by atoms with E-state index in [0.717, 1.165) is 11.3 Å². The summed E-state index contributed by atoms with van der Waals surface area (Å²) in [5.74, 6) is 0. The lowest BCUT2D eigenvalue weighted by molar-refractivity contribution is 1.52. The molecule has 0 amide bonds. The van der Waals surface area contributed by atoms with E-state index >= 15 is 0 Å². The van der Waals surface area contributed by atoms with Crippen LogP contribution in [0.15, 0.2) is 40.5 Å². The number of benzene rings is 1. The first kappa shape index (κ1) is 6.08. The molecule has 0 bridgehead atoms. The molecule has 0 aromatic heterocycles. The lowest BCUT2D eigenvalue weighted by Gasteiger charge is -1.94. The van der Waals surface area contributed by atoms with Gasteiger partial charge in [0.1, 0.15) is 0 Å². The number of rotatable bonds is 0. The second-order valence-corrected chi connectivity index (χ2v) is 2.22. The Morgan fingerprint density at radius 2 is 2.09 bits per heavy atom. The van der Waals surface area contributed by atoms with Crippen molar-refractivity contribution in [2.24, 2.45) is 9.98 Å². The van der Waals surface area contributed by atoms with Gasteiger partial charge in [0.2, 0.25) is 0 Å². The predicted molar refractivity (Wildman–Crippen MR) is 45.0 cm³/mol. The van der Waals surface area contributed by atoms with Gasteiger partial charge in [-0.2, -0.15) is 9.98 Å². The van der Waals surface area contributed by atoms with Crippen LogP contribution in [0.25, 0.3) is 6.08 Å². The third-order valence-electron chi connectivity index (χ3n) is 1.49. The zero-order valence-corrected chi connectivity index (χ0v) is 5.86. The average molecular weight is 143 g/mol. The third kappa shape index (κ3) is 1.11. The second kappa shape index (κ2) is 2.52. The van der Waals surface area contributed by atoms with Crippen molar-refractivity contribution in [2.45, 2.75) is 0 Å². The van der Waals surface area contributed by atoms with Gasteiger partial charge in [0.25, 0.3) is 0 Å². The monoisotopic (exact) mass is 143 g/mol. The van der Waals surface area contributed by atoms with Crippen molar-refractivity contribution in [3.05, 3.63) is 36.0 Å². The Balaban J connectivity index is 2.67. The van der Waals surface area contributed by atoms with Crippen LogP contribution in [-0.2, 0) is 0 Å². The molecule has 0 fully saturated rings. The van der Waals surface area contributed by atoms with Crippen molar-refractivity contribution in [1.82, 2.24) is 0 Å². The molecule has 0 unspecified atom stereocenters. The molecule has 0 atom stereocenters. The molecule has 2 rings (SSSR count). The first-order chi connectivity index (χ1) is 5.47. The summed E-state index contributed by atoms with van der Waals surface area (Å²) >= 11 is 0. The highest BCUT2D eigenvalue weighted by Crippen LogP contribution is 2.20. The van der Waals surface area contributed by atoms with E-state index in [1.54, 1.807) is 6.20 Å². The van der Waals surface area contributed by atoms with Crippen LogP contribution >= 0.6 is 0 Å². The Bertz CT molecular complexity index is 358. The molecule has 1 aromatic carbocycles. The molecule has 1 aliphatic heterocycles. The minimum absolute atomic E-state index is 0.921. The number of aliphatic imine (C=N–C) groups is 2. The summed E-state index contributed by atoms with van der Waals surface area (Å²) in [4.78, 5) is 7.80. The van der Waals surface area contributed by atoms with Gasteiger partial charge >= 0.3 is 0 Å².